The largest absolute Gasteiger partial charge is 0.465 e. The quantitative estimate of drug-likeness (QED) is 0.400. The molecule has 1 atom stereocenters. The number of benzene rings is 1. The zero-order valence-corrected chi connectivity index (χ0v) is 22.0. The lowest BCUT2D eigenvalue weighted by atomic mass is 10.0. The molecular weight excluding hydrogens is 471 g/mol. The van der Waals surface area contributed by atoms with Gasteiger partial charge in [-0.25, -0.2) is 4.79 Å². The molecule has 1 aliphatic carbocycles. The standard InChI is InChI=1S/C27H35ClN2O3.ClH/c1-18(2)15-22-5-4-13-29(22)17-25-23(20-10-11-20)16-24(28)26(31)30(25)14-12-19-6-8-21(9-7-19)27(32)33-3;/h6-9,16,18,20,22H,4-5,10-15,17H2,1-3H3;1H/t22-;/m1./s1. The predicted molar refractivity (Wildman–Crippen MR) is 139 cm³/mol. The summed E-state index contributed by atoms with van der Waals surface area (Å²) < 4.78 is 6.71. The molecule has 2 aromatic rings. The summed E-state index contributed by atoms with van der Waals surface area (Å²) in [6.07, 6.45) is 6.71. The Kier molecular flexibility index (Phi) is 9.25. The predicted octanol–water partition coefficient (Wildman–Crippen LogP) is 5.84. The van der Waals surface area contributed by atoms with Crippen LogP contribution in [-0.4, -0.2) is 35.1 Å². The van der Waals surface area contributed by atoms with Gasteiger partial charge in [-0.05, 0) is 86.2 Å². The van der Waals surface area contributed by atoms with Crippen LogP contribution in [-0.2, 0) is 24.2 Å². The van der Waals surface area contributed by atoms with E-state index in [0.29, 0.717) is 41.4 Å². The zero-order chi connectivity index (χ0) is 23.5. The highest BCUT2D eigenvalue weighted by molar-refractivity contribution is 6.30. The Bertz CT molecular complexity index is 1050. The van der Waals surface area contributed by atoms with Gasteiger partial charge in [-0.2, -0.15) is 0 Å². The van der Waals surface area contributed by atoms with E-state index in [-0.39, 0.29) is 23.9 Å². The van der Waals surface area contributed by atoms with E-state index in [1.807, 2.05) is 22.8 Å². The fourth-order valence-electron chi connectivity index (χ4n) is 5.12. The van der Waals surface area contributed by atoms with E-state index in [1.54, 1.807) is 12.1 Å². The third-order valence-electron chi connectivity index (χ3n) is 7.00. The molecule has 0 amide bonds. The Morgan fingerprint density at radius 3 is 2.50 bits per heavy atom. The van der Waals surface area contributed by atoms with E-state index >= 15 is 0 Å². The van der Waals surface area contributed by atoms with Crippen molar-refractivity contribution in [3.8, 4) is 0 Å². The summed E-state index contributed by atoms with van der Waals surface area (Å²) in [6, 6.07) is 9.94. The van der Waals surface area contributed by atoms with Gasteiger partial charge in [0.2, 0.25) is 0 Å². The SMILES string of the molecule is COC(=O)c1ccc(CCn2c(CN3CCC[C@@H]3CC(C)C)c(C3CC3)cc(Cl)c2=O)cc1.Cl. The molecule has 1 aliphatic heterocycles. The normalized spacial score (nSPS) is 18.2. The Labute approximate surface area is 213 Å². The van der Waals surface area contributed by atoms with Gasteiger partial charge in [-0.1, -0.05) is 37.6 Å². The molecule has 0 N–H and O–H groups in total. The highest BCUT2D eigenvalue weighted by Gasteiger charge is 2.32. The van der Waals surface area contributed by atoms with Crippen molar-refractivity contribution in [1.29, 1.82) is 0 Å². The molecule has 1 saturated heterocycles. The van der Waals surface area contributed by atoms with Crippen LogP contribution in [0.4, 0.5) is 0 Å². The molecule has 2 aliphatic rings. The molecule has 1 saturated carbocycles. The van der Waals surface area contributed by atoms with Crippen LogP contribution in [0.25, 0.3) is 0 Å². The first-order chi connectivity index (χ1) is 15.9. The van der Waals surface area contributed by atoms with Gasteiger partial charge in [0, 0.05) is 24.8 Å². The summed E-state index contributed by atoms with van der Waals surface area (Å²) in [4.78, 5) is 27.5. The number of carbonyl (C=O) groups excluding carboxylic acids is 1. The lowest BCUT2D eigenvalue weighted by Crippen LogP contribution is -2.35. The molecule has 186 valence electrons. The summed E-state index contributed by atoms with van der Waals surface area (Å²) in [6.45, 7) is 7.06. The molecule has 1 aromatic heterocycles. The average molecular weight is 508 g/mol. The number of hydrogen-bond acceptors (Lipinski definition) is 4. The van der Waals surface area contributed by atoms with Crippen molar-refractivity contribution in [2.24, 2.45) is 5.92 Å². The lowest BCUT2D eigenvalue weighted by Gasteiger charge is -2.28. The van der Waals surface area contributed by atoms with Gasteiger partial charge in [-0.3, -0.25) is 9.69 Å². The number of nitrogens with zero attached hydrogens (tertiary/aromatic N) is 2. The minimum absolute atomic E-state index is 0. The fraction of sp³-hybridized carbons (Fsp3) is 0.556. The van der Waals surface area contributed by atoms with Gasteiger partial charge >= 0.3 is 5.97 Å². The van der Waals surface area contributed by atoms with Crippen LogP contribution < -0.4 is 5.56 Å². The van der Waals surface area contributed by atoms with E-state index in [9.17, 15) is 9.59 Å². The molecule has 5 nitrogen and oxygen atoms in total. The van der Waals surface area contributed by atoms with E-state index < -0.39 is 0 Å². The van der Waals surface area contributed by atoms with Crippen molar-refractivity contribution >= 4 is 30.0 Å². The average Bonchev–Trinajstić information content (AvgIpc) is 3.56. The number of carbonyl (C=O) groups is 1. The highest BCUT2D eigenvalue weighted by atomic mass is 35.5. The maximum absolute atomic E-state index is 13.2. The topological polar surface area (TPSA) is 51.5 Å². The molecule has 2 heterocycles. The Balaban J connectivity index is 0.00000324. The second kappa shape index (κ2) is 11.7. The fourth-order valence-corrected chi connectivity index (χ4v) is 5.34. The summed E-state index contributed by atoms with van der Waals surface area (Å²) in [5.74, 6) is 0.847. The monoisotopic (exact) mass is 506 g/mol. The maximum Gasteiger partial charge on any atom is 0.337 e. The van der Waals surface area contributed by atoms with Crippen LogP contribution >= 0.6 is 24.0 Å². The molecular formula is C27H36Cl2N2O3. The van der Waals surface area contributed by atoms with Crippen molar-refractivity contribution in [3.05, 3.63) is 68.1 Å². The number of methoxy groups -OCH3 is 1. The third-order valence-corrected chi connectivity index (χ3v) is 7.27. The van der Waals surface area contributed by atoms with Crippen LogP contribution in [0.3, 0.4) is 0 Å². The number of pyridine rings is 1. The summed E-state index contributed by atoms with van der Waals surface area (Å²) in [5.41, 5.74) is 3.92. The van der Waals surface area contributed by atoms with Crippen molar-refractivity contribution in [1.82, 2.24) is 9.47 Å². The van der Waals surface area contributed by atoms with Gasteiger partial charge in [0.25, 0.3) is 5.56 Å². The number of rotatable bonds is 9. The second-order valence-corrected chi connectivity index (χ2v) is 10.4. The van der Waals surface area contributed by atoms with Gasteiger partial charge in [0.05, 0.1) is 12.7 Å². The third kappa shape index (κ3) is 6.24. The Morgan fingerprint density at radius 1 is 1.18 bits per heavy atom. The van der Waals surface area contributed by atoms with Gasteiger partial charge in [-0.15, -0.1) is 12.4 Å². The van der Waals surface area contributed by atoms with Crippen molar-refractivity contribution < 1.29 is 9.53 Å². The van der Waals surface area contributed by atoms with Crippen molar-refractivity contribution in [3.63, 3.8) is 0 Å². The number of ether oxygens (including phenoxy) is 1. The van der Waals surface area contributed by atoms with E-state index in [1.165, 1.54) is 44.8 Å². The molecule has 0 unspecified atom stereocenters. The first-order valence-electron chi connectivity index (χ1n) is 12.2. The lowest BCUT2D eigenvalue weighted by molar-refractivity contribution is 0.0600. The summed E-state index contributed by atoms with van der Waals surface area (Å²) >= 11 is 6.43. The number of hydrogen-bond donors (Lipinski definition) is 0. The Hall–Kier alpha value is -1.82. The molecule has 0 radical (unpaired) electrons. The molecule has 4 rings (SSSR count). The minimum Gasteiger partial charge on any atom is -0.465 e. The zero-order valence-electron chi connectivity index (χ0n) is 20.4. The number of likely N-dealkylation sites (tertiary alicyclic amines) is 1. The van der Waals surface area contributed by atoms with E-state index in [4.69, 9.17) is 16.3 Å². The molecule has 7 heteroatoms. The first-order valence-corrected chi connectivity index (χ1v) is 12.6. The van der Waals surface area contributed by atoms with Crippen LogP contribution in [0.2, 0.25) is 5.02 Å². The number of aryl methyl sites for hydroxylation is 1. The molecule has 2 fully saturated rings. The molecule has 0 spiro atoms. The van der Waals surface area contributed by atoms with Crippen LogP contribution in [0.15, 0.2) is 35.1 Å². The van der Waals surface area contributed by atoms with E-state index in [2.05, 4.69) is 18.7 Å². The van der Waals surface area contributed by atoms with Crippen LogP contribution in [0.5, 0.6) is 0 Å². The highest BCUT2D eigenvalue weighted by Crippen LogP contribution is 2.42. The van der Waals surface area contributed by atoms with Crippen LogP contribution in [0.1, 0.15) is 79.0 Å². The van der Waals surface area contributed by atoms with Crippen LogP contribution in [0, 0.1) is 5.92 Å². The number of aromatic nitrogens is 1. The molecule has 0 bridgehead atoms. The van der Waals surface area contributed by atoms with Crippen molar-refractivity contribution in [2.45, 2.75) is 77.4 Å². The summed E-state index contributed by atoms with van der Waals surface area (Å²) in [5, 5.41) is 0.321. The Morgan fingerprint density at radius 2 is 1.88 bits per heavy atom. The smallest absolute Gasteiger partial charge is 0.337 e. The summed E-state index contributed by atoms with van der Waals surface area (Å²) in [7, 11) is 1.38. The minimum atomic E-state index is -0.342. The molecule has 1 aromatic carbocycles. The van der Waals surface area contributed by atoms with Gasteiger partial charge in [0.1, 0.15) is 5.02 Å². The maximum atomic E-state index is 13.2. The number of halogens is 2. The van der Waals surface area contributed by atoms with Gasteiger partial charge < -0.3 is 9.30 Å². The first kappa shape index (κ1) is 26.8. The van der Waals surface area contributed by atoms with E-state index in [0.717, 1.165) is 24.3 Å². The second-order valence-electron chi connectivity index (χ2n) is 9.96. The van der Waals surface area contributed by atoms with Crippen molar-refractivity contribution in [2.75, 3.05) is 13.7 Å². The molecule has 34 heavy (non-hydrogen) atoms. The number of esters is 1. The van der Waals surface area contributed by atoms with Gasteiger partial charge in [0.15, 0.2) is 0 Å².